The Morgan fingerprint density at radius 1 is 1.28 bits per heavy atom. The van der Waals surface area contributed by atoms with Crippen LogP contribution in [0.15, 0.2) is 54.9 Å². The SMILES string of the molecule is O=C(/C=C/c1ccncc1)N(Cc1ccccc1O)CC1CCCO1. The third-order valence-electron chi connectivity index (χ3n) is 4.24. The van der Waals surface area contributed by atoms with Crippen LogP contribution in [-0.4, -0.2) is 40.2 Å². The second kappa shape index (κ2) is 8.44. The fourth-order valence-electron chi connectivity index (χ4n) is 2.86. The fraction of sp³-hybridized carbons (Fsp3) is 0.300. The molecule has 0 saturated carbocycles. The highest BCUT2D eigenvalue weighted by Gasteiger charge is 2.22. The van der Waals surface area contributed by atoms with Crippen molar-refractivity contribution in [3.05, 3.63) is 66.0 Å². The lowest BCUT2D eigenvalue weighted by molar-refractivity contribution is -0.128. The third kappa shape index (κ3) is 4.90. The van der Waals surface area contributed by atoms with Gasteiger partial charge in [0.2, 0.25) is 5.91 Å². The molecule has 2 heterocycles. The first-order chi connectivity index (χ1) is 12.2. The Kier molecular flexibility index (Phi) is 5.80. The molecule has 1 aromatic heterocycles. The van der Waals surface area contributed by atoms with Crippen molar-refractivity contribution in [1.29, 1.82) is 0 Å². The number of aromatic nitrogens is 1. The van der Waals surface area contributed by atoms with Crippen molar-refractivity contribution >= 4 is 12.0 Å². The van der Waals surface area contributed by atoms with E-state index in [1.165, 1.54) is 0 Å². The van der Waals surface area contributed by atoms with Gasteiger partial charge in [0, 0.05) is 43.7 Å². The lowest BCUT2D eigenvalue weighted by Gasteiger charge is -2.24. The van der Waals surface area contributed by atoms with E-state index in [2.05, 4.69) is 4.98 Å². The highest BCUT2D eigenvalue weighted by atomic mass is 16.5. The third-order valence-corrected chi connectivity index (χ3v) is 4.24. The standard InChI is InChI=1S/C20H22N2O3/c23-19-6-2-1-4-17(19)14-22(15-18-5-3-13-25-18)20(24)8-7-16-9-11-21-12-10-16/h1-2,4,6-12,18,23H,3,5,13-15H2/b8-7+. The van der Waals surface area contributed by atoms with E-state index in [0.717, 1.165) is 30.6 Å². The first-order valence-corrected chi connectivity index (χ1v) is 8.48. The van der Waals surface area contributed by atoms with E-state index in [-0.39, 0.29) is 17.8 Å². The smallest absolute Gasteiger partial charge is 0.246 e. The molecule has 1 aromatic carbocycles. The average molecular weight is 338 g/mol. The highest BCUT2D eigenvalue weighted by molar-refractivity contribution is 5.91. The van der Waals surface area contributed by atoms with Crippen molar-refractivity contribution in [3.63, 3.8) is 0 Å². The van der Waals surface area contributed by atoms with Crippen molar-refractivity contribution < 1.29 is 14.6 Å². The summed E-state index contributed by atoms with van der Waals surface area (Å²) in [5, 5.41) is 10.0. The number of nitrogens with zero attached hydrogens (tertiary/aromatic N) is 2. The quantitative estimate of drug-likeness (QED) is 0.823. The summed E-state index contributed by atoms with van der Waals surface area (Å²) in [6, 6.07) is 10.8. The molecule has 0 radical (unpaired) electrons. The number of hydrogen-bond acceptors (Lipinski definition) is 4. The zero-order valence-corrected chi connectivity index (χ0v) is 14.0. The lowest BCUT2D eigenvalue weighted by Crippen LogP contribution is -2.35. The number of phenolic OH excluding ortho intramolecular Hbond substituents is 1. The molecular weight excluding hydrogens is 316 g/mol. The van der Waals surface area contributed by atoms with E-state index >= 15 is 0 Å². The molecular formula is C20H22N2O3. The number of benzene rings is 1. The summed E-state index contributed by atoms with van der Waals surface area (Å²) >= 11 is 0. The van der Waals surface area contributed by atoms with Gasteiger partial charge in [-0.1, -0.05) is 18.2 Å². The van der Waals surface area contributed by atoms with E-state index in [1.54, 1.807) is 41.6 Å². The van der Waals surface area contributed by atoms with Gasteiger partial charge in [-0.3, -0.25) is 9.78 Å². The number of aromatic hydroxyl groups is 1. The maximum atomic E-state index is 12.7. The van der Waals surface area contributed by atoms with Crippen LogP contribution < -0.4 is 0 Å². The molecule has 5 heteroatoms. The number of pyridine rings is 1. The van der Waals surface area contributed by atoms with Gasteiger partial charge < -0.3 is 14.7 Å². The van der Waals surface area contributed by atoms with Crippen LogP contribution in [0, 0.1) is 0 Å². The normalized spacial score (nSPS) is 17.0. The number of ether oxygens (including phenoxy) is 1. The Morgan fingerprint density at radius 2 is 2.08 bits per heavy atom. The summed E-state index contributed by atoms with van der Waals surface area (Å²) in [4.78, 5) is 18.4. The number of amides is 1. The molecule has 1 amide bonds. The topological polar surface area (TPSA) is 62.7 Å². The molecule has 1 aliphatic rings. The van der Waals surface area contributed by atoms with Crippen molar-refractivity contribution in [1.82, 2.24) is 9.88 Å². The number of carbonyl (C=O) groups is 1. The van der Waals surface area contributed by atoms with E-state index in [4.69, 9.17) is 4.74 Å². The van der Waals surface area contributed by atoms with Crippen molar-refractivity contribution in [3.8, 4) is 5.75 Å². The largest absolute Gasteiger partial charge is 0.508 e. The van der Waals surface area contributed by atoms with Crippen LogP contribution in [0.3, 0.4) is 0 Å². The maximum Gasteiger partial charge on any atom is 0.246 e. The number of hydrogen-bond donors (Lipinski definition) is 1. The molecule has 1 aliphatic heterocycles. The molecule has 1 saturated heterocycles. The predicted octanol–water partition coefficient (Wildman–Crippen LogP) is 3.01. The number of phenols is 1. The van der Waals surface area contributed by atoms with Gasteiger partial charge in [0.1, 0.15) is 5.75 Å². The number of rotatable bonds is 6. The van der Waals surface area contributed by atoms with Gasteiger partial charge in [-0.05, 0) is 42.7 Å². The molecule has 0 spiro atoms. The minimum Gasteiger partial charge on any atom is -0.508 e. The molecule has 25 heavy (non-hydrogen) atoms. The lowest BCUT2D eigenvalue weighted by atomic mass is 10.1. The molecule has 130 valence electrons. The number of carbonyl (C=O) groups excluding carboxylic acids is 1. The van der Waals surface area contributed by atoms with Gasteiger partial charge in [0.05, 0.1) is 6.10 Å². The Balaban J connectivity index is 1.73. The number of para-hydroxylation sites is 1. The average Bonchev–Trinajstić information content (AvgIpc) is 3.15. The molecule has 2 aromatic rings. The highest BCUT2D eigenvalue weighted by Crippen LogP contribution is 2.20. The Labute approximate surface area is 147 Å². The molecule has 1 atom stereocenters. The van der Waals surface area contributed by atoms with E-state index in [9.17, 15) is 9.90 Å². The van der Waals surface area contributed by atoms with Crippen LogP contribution in [0.4, 0.5) is 0 Å². The van der Waals surface area contributed by atoms with Crippen molar-refractivity contribution in [2.24, 2.45) is 0 Å². The monoisotopic (exact) mass is 338 g/mol. The summed E-state index contributed by atoms with van der Waals surface area (Å²) < 4.78 is 5.68. The Hall–Kier alpha value is -2.66. The van der Waals surface area contributed by atoms with Crippen LogP contribution in [0.2, 0.25) is 0 Å². The molecule has 1 unspecified atom stereocenters. The Bertz CT molecular complexity index is 725. The molecule has 0 bridgehead atoms. The van der Waals surface area contributed by atoms with Gasteiger partial charge >= 0.3 is 0 Å². The summed E-state index contributed by atoms with van der Waals surface area (Å²) in [5.74, 6) is 0.0984. The molecule has 3 rings (SSSR count). The zero-order valence-electron chi connectivity index (χ0n) is 14.0. The fourth-order valence-corrected chi connectivity index (χ4v) is 2.86. The first kappa shape index (κ1) is 17.2. The molecule has 1 N–H and O–H groups in total. The van der Waals surface area contributed by atoms with E-state index in [1.807, 2.05) is 24.3 Å². The molecule has 5 nitrogen and oxygen atoms in total. The van der Waals surface area contributed by atoms with Gasteiger partial charge in [-0.25, -0.2) is 0 Å². The summed E-state index contributed by atoms with van der Waals surface area (Å²) in [7, 11) is 0. The van der Waals surface area contributed by atoms with Crippen LogP contribution >= 0.6 is 0 Å². The van der Waals surface area contributed by atoms with Crippen LogP contribution in [0.5, 0.6) is 5.75 Å². The van der Waals surface area contributed by atoms with Crippen LogP contribution in [0.25, 0.3) is 6.08 Å². The summed E-state index contributed by atoms with van der Waals surface area (Å²) in [6.07, 6.45) is 8.76. The second-order valence-electron chi connectivity index (χ2n) is 6.10. The van der Waals surface area contributed by atoms with Crippen LogP contribution in [0.1, 0.15) is 24.0 Å². The predicted molar refractivity (Wildman–Crippen MR) is 95.8 cm³/mol. The zero-order chi connectivity index (χ0) is 17.5. The minimum atomic E-state index is -0.101. The van der Waals surface area contributed by atoms with E-state index < -0.39 is 0 Å². The van der Waals surface area contributed by atoms with E-state index in [0.29, 0.717) is 13.1 Å². The van der Waals surface area contributed by atoms with Gasteiger partial charge in [-0.15, -0.1) is 0 Å². The van der Waals surface area contributed by atoms with Crippen LogP contribution in [-0.2, 0) is 16.1 Å². The van der Waals surface area contributed by atoms with Gasteiger partial charge in [0.15, 0.2) is 0 Å². The second-order valence-corrected chi connectivity index (χ2v) is 6.10. The van der Waals surface area contributed by atoms with Crippen molar-refractivity contribution in [2.75, 3.05) is 13.2 Å². The molecule has 1 fully saturated rings. The van der Waals surface area contributed by atoms with Gasteiger partial charge in [-0.2, -0.15) is 0 Å². The minimum absolute atomic E-state index is 0.0594. The summed E-state index contributed by atoms with van der Waals surface area (Å²) in [6.45, 7) is 1.62. The molecule has 0 aliphatic carbocycles. The Morgan fingerprint density at radius 3 is 2.80 bits per heavy atom. The first-order valence-electron chi connectivity index (χ1n) is 8.48. The van der Waals surface area contributed by atoms with Gasteiger partial charge in [0.25, 0.3) is 0 Å². The maximum absolute atomic E-state index is 12.7. The summed E-state index contributed by atoms with van der Waals surface area (Å²) in [5.41, 5.74) is 1.65. The van der Waals surface area contributed by atoms with Crippen molar-refractivity contribution in [2.45, 2.75) is 25.5 Å².